The van der Waals surface area contributed by atoms with E-state index in [4.69, 9.17) is 9.47 Å². The molecular weight excluding hydrogens is 452 g/mol. The molecule has 0 aliphatic carbocycles. The molecule has 1 saturated heterocycles. The fraction of sp³-hybridized carbons (Fsp3) is 0.200. The molecule has 1 aliphatic rings. The number of ether oxygens (including phenoxy) is 2. The summed E-state index contributed by atoms with van der Waals surface area (Å²) >= 11 is 0. The topological polar surface area (TPSA) is 119 Å². The number of imide groups is 1. The predicted octanol–water partition coefficient (Wildman–Crippen LogP) is 2.74. The number of carbonyl (C=O) groups is 4. The maximum Gasteiger partial charge on any atom is 0.329 e. The van der Waals surface area contributed by atoms with Gasteiger partial charge in [-0.15, -0.1) is 0 Å². The van der Waals surface area contributed by atoms with E-state index in [0.717, 1.165) is 15.8 Å². The summed E-state index contributed by atoms with van der Waals surface area (Å²) in [7, 11) is 1.48. The molecule has 0 atom stereocenters. The number of hydrogen-bond acceptors (Lipinski definition) is 6. The van der Waals surface area contributed by atoms with Gasteiger partial charge in [0.05, 0.1) is 19.4 Å². The average Bonchev–Trinajstić information content (AvgIpc) is 3.31. The number of methoxy groups -OCH3 is 1. The summed E-state index contributed by atoms with van der Waals surface area (Å²) in [6, 6.07) is 13.5. The first kappa shape index (κ1) is 23.6. The van der Waals surface area contributed by atoms with Gasteiger partial charge in [-0.25, -0.2) is 9.69 Å². The van der Waals surface area contributed by atoms with Crippen LogP contribution in [0.4, 0.5) is 10.5 Å². The van der Waals surface area contributed by atoms with Crippen LogP contribution in [0.25, 0.3) is 17.0 Å². The lowest BCUT2D eigenvalue weighted by Gasteiger charge is -2.13. The summed E-state index contributed by atoms with van der Waals surface area (Å²) < 4.78 is 12.0. The van der Waals surface area contributed by atoms with Crippen LogP contribution in [-0.2, 0) is 25.7 Å². The van der Waals surface area contributed by atoms with E-state index in [1.807, 2.05) is 24.3 Å². The number of para-hydroxylation sites is 3. The van der Waals surface area contributed by atoms with E-state index in [1.165, 1.54) is 13.2 Å². The van der Waals surface area contributed by atoms with Crippen molar-refractivity contribution in [2.45, 2.75) is 13.5 Å². The van der Waals surface area contributed by atoms with Crippen molar-refractivity contribution in [3.63, 3.8) is 0 Å². The van der Waals surface area contributed by atoms with Gasteiger partial charge in [-0.05, 0) is 31.2 Å². The zero-order valence-electron chi connectivity index (χ0n) is 19.2. The molecule has 0 radical (unpaired) electrons. The van der Waals surface area contributed by atoms with Gasteiger partial charge in [0.2, 0.25) is 5.91 Å². The highest BCUT2D eigenvalue weighted by molar-refractivity contribution is 6.16. The predicted molar refractivity (Wildman–Crippen MR) is 128 cm³/mol. The Labute approximate surface area is 201 Å². The van der Waals surface area contributed by atoms with E-state index >= 15 is 0 Å². The van der Waals surface area contributed by atoms with Crippen LogP contribution >= 0.6 is 0 Å². The van der Waals surface area contributed by atoms with Crippen molar-refractivity contribution < 1.29 is 28.7 Å². The van der Waals surface area contributed by atoms with Gasteiger partial charge in [0.1, 0.15) is 24.5 Å². The number of benzene rings is 2. The Hall–Kier alpha value is -4.60. The van der Waals surface area contributed by atoms with Crippen LogP contribution in [0.3, 0.4) is 0 Å². The molecule has 35 heavy (non-hydrogen) atoms. The van der Waals surface area contributed by atoms with E-state index in [-0.39, 0.29) is 24.8 Å². The van der Waals surface area contributed by atoms with E-state index in [1.54, 1.807) is 42.0 Å². The van der Waals surface area contributed by atoms with Gasteiger partial charge in [0, 0.05) is 22.7 Å². The smallest absolute Gasteiger partial charge is 0.329 e. The average molecular weight is 476 g/mol. The SMILES string of the molecule is CCOC(=O)Cn1cc(/C=C2/NC(=O)N(CC(=O)Nc3ccccc3OC)C2=O)c2ccccc21. The summed E-state index contributed by atoms with van der Waals surface area (Å²) in [5, 5.41) is 5.96. The molecule has 4 amide bonds. The van der Waals surface area contributed by atoms with Gasteiger partial charge in [-0.2, -0.15) is 0 Å². The van der Waals surface area contributed by atoms with Crippen molar-refractivity contribution in [2.24, 2.45) is 0 Å². The van der Waals surface area contributed by atoms with E-state index in [9.17, 15) is 19.2 Å². The van der Waals surface area contributed by atoms with Crippen LogP contribution in [-0.4, -0.2) is 53.5 Å². The second kappa shape index (κ2) is 10.1. The number of rotatable bonds is 8. The summed E-state index contributed by atoms with van der Waals surface area (Å²) in [4.78, 5) is 50.7. The van der Waals surface area contributed by atoms with Gasteiger partial charge in [0.15, 0.2) is 0 Å². The number of anilines is 1. The third-order valence-electron chi connectivity index (χ3n) is 5.37. The highest BCUT2D eigenvalue weighted by Gasteiger charge is 2.35. The second-order valence-corrected chi connectivity index (χ2v) is 7.66. The molecule has 2 heterocycles. The van der Waals surface area contributed by atoms with E-state index in [0.29, 0.717) is 17.0 Å². The molecule has 2 N–H and O–H groups in total. The third-order valence-corrected chi connectivity index (χ3v) is 5.37. The Bertz CT molecular complexity index is 1340. The number of aromatic nitrogens is 1. The molecule has 1 aliphatic heterocycles. The van der Waals surface area contributed by atoms with Crippen LogP contribution in [0.15, 0.2) is 60.4 Å². The fourth-order valence-electron chi connectivity index (χ4n) is 3.82. The number of esters is 1. The summed E-state index contributed by atoms with van der Waals surface area (Å²) in [5.41, 5.74) is 1.86. The molecule has 0 saturated carbocycles. The Morgan fingerprint density at radius 3 is 2.57 bits per heavy atom. The number of amides is 4. The zero-order chi connectivity index (χ0) is 24.9. The van der Waals surface area contributed by atoms with Gasteiger partial charge >= 0.3 is 12.0 Å². The molecule has 0 spiro atoms. The first-order chi connectivity index (χ1) is 16.9. The summed E-state index contributed by atoms with van der Waals surface area (Å²) in [5.74, 6) is -1.11. The lowest BCUT2D eigenvalue weighted by molar-refractivity contribution is -0.143. The summed E-state index contributed by atoms with van der Waals surface area (Å²) in [6.07, 6.45) is 3.24. The molecule has 4 rings (SSSR count). The summed E-state index contributed by atoms with van der Waals surface area (Å²) in [6.45, 7) is 1.55. The van der Waals surface area contributed by atoms with Crippen molar-refractivity contribution in [2.75, 3.05) is 25.6 Å². The van der Waals surface area contributed by atoms with Gasteiger partial charge in [-0.3, -0.25) is 14.4 Å². The van der Waals surface area contributed by atoms with Crippen molar-refractivity contribution in [1.82, 2.24) is 14.8 Å². The minimum absolute atomic E-state index is 0.00702. The highest BCUT2D eigenvalue weighted by Crippen LogP contribution is 2.26. The number of hydrogen-bond donors (Lipinski definition) is 2. The molecule has 0 bridgehead atoms. The standard InChI is InChI=1S/C25H24N4O6/c1-3-35-23(31)15-28-13-16(17-8-4-6-10-20(17)28)12-19-24(32)29(25(33)27-19)14-22(30)26-18-9-5-7-11-21(18)34-2/h4-13H,3,14-15H2,1-2H3,(H,26,30)(H,27,33)/b19-12+. The minimum atomic E-state index is -0.702. The van der Waals surface area contributed by atoms with Crippen molar-refractivity contribution >= 4 is 46.5 Å². The zero-order valence-corrected chi connectivity index (χ0v) is 19.2. The first-order valence-electron chi connectivity index (χ1n) is 10.9. The molecule has 10 nitrogen and oxygen atoms in total. The third kappa shape index (κ3) is 5.01. The van der Waals surface area contributed by atoms with Crippen molar-refractivity contribution in [3.8, 4) is 5.75 Å². The number of nitrogens with one attached hydrogen (secondary N) is 2. The Morgan fingerprint density at radius 1 is 1.06 bits per heavy atom. The Morgan fingerprint density at radius 2 is 1.80 bits per heavy atom. The normalized spacial score (nSPS) is 14.3. The first-order valence-corrected chi connectivity index (χ1v) is 10.9. The van der Waals surface area contributed by atoms with Gasteiger partial charge in [0.25, 0.3) is 5.91 Å². The largest absolute Gasteiger partial charge is 0.495 e. The Balaban J connectivity index is 1.54. The number of urea groups is 1. The molecule has 0 unspecified atom stereocenters. The molecule has 1 fully saturated rings. The number of carbonyl (C=O) groups excluding carboxylic acids is 4. The number of nitrogens with zero attached hydrogens (tertiary/aromatic N) is 2. The van der Waals surface area contributed by atoms with Crippen LogP contribution in [0.1, 0.15) is 12.5 Å². The molecule has 10 heteroatoms. The highest BCUT2D eigenvalue weighted by atomic mass is 16.5. The van der Waals surface area contributed by atoms with Crippen molar-refractivity contribution in [3.05, 3.63) is 66.0 Å². The van der Waals surface area contributed by atoms with Gasteiger partial charge in [-0.1, -0.05) is 30.3 Å². The maximum atomic E-state index is 12.9. The minimum Gasteiger partial charge on any atom is -0.495 e. The lowest BCUT2D eigenvalue weighted by Crippen LogP contribution is -2.38. The molecule has 180 valence electrons. The second-order valence-electron chi connectivity index (χ2n) is 7.66. The lowest BCUT2D eigenvalue weighted by atomic mass is 10.1. The number of fused-ring (bicyclic) bond motifs is 1. The molecule has 1 aromatic heterocycles. The molecule has 2 aromatic carbocycles. The molecular formula is C25H24N4O6. The molecule has 3 aromatic rings. The van der Waals surface area contributed by atoms with Crippen LogP contribution < -0.4 is 15.4 Å². The van der Waals surface area contributed by atoms with Gasteiger partial charge < -0.3 is 24.7 Å². The van der Waals surface area contributed by atoms with E-state index in [2.05, 4.69) is 10.6 Å². The van der Waals surface area contributed by atoms with E-state index < -0.39 is 24.4 Å². The fourth-order valence-corrected chi connectivity index (χ4v) is 3.82. The van der Waals surface area contributed by atoms with Crippen LogP contribution in [0.5, 0.6) is 5.75 Å². The Kier molecular flexibility index (Phi) is 6.81. The quantitative estimate of drug-likeness (QED) is 0.293. The van der Waals surface area contributed by atoms with Crippen LogP contribution in [0, 0.1) is 0 Å². The van der Waals surface area contributed by atoms with Crippen molar-refractivity contribution in [1.29, 1.82) is 0 Å². The monoisotopic (exact) mass is 476 g/mol. The van der Waals surface area contributed by atoms with Crippen LogP contribution in [0.2, 0.25) is 0 Å². The maximum absolute atomic E-state index is 12.9.